The molecule has 0 aliphatic rings. The standard InChI is InChI=1S/C9H13N.C2H6/c1-7(2)5-6-8(3)9(4)10;1-2/h5-6H,1,3-4,10H2,2H3;1-2H3/b6-5-;. The Labute approximate surface area is 76.0 Å². The highest BCUT2D eigenvalue weighted by molar-refractivity contribution is 5.35. The summed E-state index contributed by atoms with van der Waals surface area (Å²) in [6.45, 7) is 16.8. The van der Waals surface area contributed by atoms with Crippen molar-refractivity contribution in [2.75, 3.05) is 0 Å². The van der Waals surface area contributed by atoms with Crippen LogP contribution in [0.1, 0.15) is 20.8 Å². The molecule has 0 aromatic heterocycles. The van der Waals surface area contributed by atoms with E-state index in [0.29, 0.717) is 5.70 Å². The van der Waals surface area contributed by atoms with Gasteiger partial charge in [-0.2, -0.15) is 0 Å². The fourth-order valence-electron chi connectivity index (χ4n) is 0.350. The molecule has 0 spiro atoms. The zero-order valence-electron chi connectivity index (χ0n) is 8.35. The summed E-state index contributed by atoms with van der Waals surface area (Å²) in [5.41, 5.74) is 7.56. The van der Waals surface area contributed by atoms with E-state index in [4.69, 9.17) is 5.73 Å². The van der Waals surface area contributed by atoms with Gasteiger partial charge >= 0.3 is 0 Å². The van der Waals surface area contributed by atoms with Crippen LogP contribution in [0.4, 0.5) is 0 Å². The van der Waals surface area contributed by atoms with E-state index in [-0.39, 0.29) is 0 Å². The average molecular weight is 165 g/mol. The normalized spacial score (nSPS) is 8.58. The summed E-state index contributed by atoms with van der Waals surface area (Å²) in [4.78, 5) is 0. The van der Waals surface area contributed by atoms with Gasteiger partial charge in [0.15, 0.2) is 0 Å². The molecule has 0 aliphatic carbocycles. The first-order chi connectivity index (χ1) is 5.54. The molecule has 12 heavy (non-hydrogen) atoms. The molecule has 0 aromatic carbocycles. The maximum absolute atomic E-state index is 5.35. The third kappa shape index (κ3) is 8.76. The smallest absolute Gasteiger partial charge is 0.0308 e. The number of hydrogen-bond donors (Lipinski definition) is 1. The Hall–Kier alpha value is -1.24. The first kappa shape index (κ1) is 13.4. The van der Waals surface area contributed by atoms with Crippen LogP contribution in [0, 0.1) is 0 Å². The van der Waals surface area contributed by atoms with Crippen LogP contribution in [0.25, 0.3) is 0 Å². The van der Waals surface area contributed by atoms with E-state index < -0.39 is 0 Å². The van der Waals surface area contributed by atoms with Crippen LogP contribution in [0.5, 0.6) is 0 Å². The molecule has 0 radical (unpaired) electrons. The molecule has 0 aromatic rings. The van der Waals surface area contributed by atoms with Gasteiger partial charge in [0.2, 0.25) is 0 Å². The van der Waals surface area contributed by atoms with E-state index >= 15 is 0 Å². The third-order valence-corrected chi connectivity index (χ3v) is 0.981. The molecule has 1 heteroatoms. The molecule has 2 N–H and O–H groups in total. The van der Waals surface area contributed by atoms with E-state index in [2.05, 4.69) is 19.7 Å². The number of hydrogen-bond acceptors (Lipinski definition) is 1. The fraction of sp³-hybridized carbons (Fsp3) is 0.273. The first-order valence-electron chi connectivity index (χ1n) is 4.01. The number of allylic oxidation sites excluding steroid dienone is 3. The molecule has 0 fully saturated rings. The van der Waals surface area contributed by atoms with E-state index in [1.54, 1.807) is 6.08 Å². The molecular formula is C11H19N. The minimum Gasteiger partial charge on any atom is -0.399 e. The minimum atomic E-state index is 0.498. The maximum Gasteiger partial charge on any atom is 0.0308 e. The molecule has 0 amide bonds. The van der Waals surface area contributed by atoms with Crippen molar-refractivity contribution in [2.45, 2.75) is 20.8 Å². The topological polar surface area (TPSA) is 26.0 Å². The van der Waals surface area contributed by atoms with Gasteiger partial charge in [0, 0.05) is 5.70 Å². The van der Waals surface area contributed by atoms with Crippen molar-refractivity contribution < 1.29 is 0 Å². The van der Waals surface area contributed by atoms with Crippen molar-refractivity contribution in [3.8, 4) is 0 Å². The first-order valence-corrected chi connectivity index (χ1v) is 4.01. The highest BCUT2D eigenvalue weighted by Crippen LogP contribution is 2.01. The predicted molar refractivity (Wildman–Crippen MR) is 57.8 cm³/mol. The molecule has 0 unspecified atom stereocenters. The predicted octanol–water partition coefficient (Wildman–Crippen LogP) is 3.17. The molecule has 68 valence electrons. The van der Waals surface area contributed by atoms with Gasteiger partial charge in [-0.3, -0.25) is 0 Å². The van der Waals surface area contributed by atoms with Crippen molar-refractivity contribution in [2.24, 2.45) is 5.73 Å². The largest absolute Gasteiger partial charge is 0.399 e. The van der Waals surface area contributed by atoms with Crippen molar-refractivity contribution in [1.29, 1.82) is 0 Å². The van der Waals surface area contributed by atoms with Gasteiger partial charge in [-0.15, -0.1) is 0 Å². The molecule has 0 bridgehead atoms. The van der Waals surface area contributed by atoms with Crippen molar-refractivity contribution in [3.05, 3.63) is 48.7 Å². The molecule has 0 saturated heterocycles. The van der Waals surface area contributed by atoms with Crippen LogP contribution in [0.3, 0.4) is 0 Å². The van der Waals surface area contributed by atoms with Gasteiger partial charge in [0.25, 0.3) is 0 Å². The summed E-state index contributed by atoms with van der Waals surface area (Å²) in [6, 6.07) is 0. The Morgan fingerprint density at radius 2 is 1.50 bits per heavy atom. The van der Waals surface area contributed by atoms with Crippen LogP contribution in [0.15, 0.2) is 48.7 Å². The summed E-state index contributed by atoms with van der Waals surface area (Å²) >= 11 is 0. The van der Waals surface area contributed by atoms with Gasteiger partial charge in [-0.1, -0.05) is 51.3 Å². The molecule has 0 heterocycles. The SMILES string of the molecule is C=C(C)/C=C\C(=C)C(=C)N.CC. The lowest BCUT2D eigenvalue weighted by molar-refractivity contribution is 1.38. The highest BCUT2D eigenvalue weighted by atomic mass is 14.6. The van der Waals surface area contributed by atoms with Crippen LogP contribution < -0.4 is 5.73 Å². The summed E-state index contributed by atoms with van der Waals surface area (Å²) < 4.78 is 0. The molecule has 0 atom stereocenters. The van der Waals surface area contributed by atoms with Crippen molar-refractivity contribution in [1.82, 2.24) is 0 Å². The van der Waals surface area contributed by atoms with Gasteiger partial charge in [-0.25, -0.2) is 0 Å². The monoisotopic (exact) mass is 165 g/mol. The minimum absolute atomic E-state index is 0.498. The van der Waals surface area contributed by atoms with E-state index in [0.717, 1.165) is 11.1 Å². The molecule has 0 rings (SSSR count). The molecule has 0 aliphatic heterocycles. The van der Waals surface area contributed by atoms with Gasteiger partial charge < -0.3 is 5.73 Å². The Bertz CT molecular complexity index is 197. The Balaban J connectivity index is 0. The van der Waals surface area contributed by atoms with Gasteiger partial charge in [-0.05, 0) is 12.5 Å². The van der Waals surface area contributed by atoms with Gasteiger partial charge in [0.1, 0.15) is 0 Å². The summed E-state index contributed by atoms with van der Waals surface area (Å²) in [5, 5.41) is 0. The molecular weight excluding hydrogens is 146 g/mol. The van der Waals surface area contributed by atoms with Crippen molar-refractivity contribution in [3.63, 3.8) is 0 Å². The second kappa shape index (κ2) is 7.86. The van der Waals surface area contributed by atoms with Gasteiger partial charge in [0.05, 0.1) is 0 Å². The third-order valence-electron chi connectivity index (χ3n) is 0.981. The highest BCUT2D eigenvalue weighted by Gasteiger charge is 1.86. The summed E-state index contributed by atoms with van der Waals surface area (Å²) in [6.07, 6.45) is 3.64. The number of nitrogens with two attached hydrogens (primary N) is 1. The quantitative estimate of drug-likeness (QED) is 0.639. The van der Waals surface area contributed by atoms with Crippen LogP contribution in [-0.4, -0.2) is 0 Å². The lowest BCUT2D eigenvalue weighted by Gasteiger charge is -1.94. The Kier molecular flexibility index (Phi) is 8.75. The maximum atomic E-state index is 5.35. The van der Waals surface area contributed by atoms with E-state index in [1.165, 1.54) is 0 Å². The van der Waals surface area contributed by atoms with Crippen LogP contribution in [0.2, 0.25) is 0 Å². The second-order valence-electron chi connectivity index (χ2n) is 2.23. The second-order valence-corrected chi connectivity index (χ2v) is 2.23. The van der Waals surface area contributed by atoms with Crippen LogP contribution >= 0.6 is 0 Å². The van der Waals surface area contributed by atoms with E-state index in [9.17, 15) is 0 Å². The molecule has 1 nitrogen and oxygen atoms in total. The lowest BCUT2D eigenvalue weighted by atomic mass is 10.2. The Morgan fingerprint density at radius 3 is 1.75 bits per heavy atom. The summed E-state index contributed by atoms with van der Waals surface area (Å²) in [5.74, 6) is 0. The zero-order chi connectivity index (χ0) is 10.1. The van der Waals surface area contributed by atoms with Crippen LogP contribution in [-0.2, 0) is 0 Å². The molecule has 0 saturated carbocycles. The number of rotatable bonds is 3. The van der Waals surface area contributed by atoms with E-state index in [1.807, 2.05) is 26.8 Å². The average Bonchev–Trinajstić information content (AvgIpc) is 2.03. The zero-order valence-corrected chi connectivity index (χ0v) is 8.35. The Morgan fingerprint density at radius 1 is 1.08 bits per heavy atom. The lowest BCUT2D eigenvalue weighted by Crippen LogP contribution is -1.94. The summed E-state index contributed by atoms with van der Waals surface area (Å²) in [7, 11) is 0. The fourth-order valence-corrected chi connectivity index (χ4v) is 0.350. The van der Waals surface area contributed by atoms with Crippen molar-refractivity contribution >= 4 is 0 Å².